The number of rotatable bonds is 3. The quantitative estimate of drug-likeness (QED) is 0.943. The minimum absolute atomic E-state index is 0.0577. The van der Waals surface area contributed by atoms with Gasteiger partial charge in [-0.3, -0.25) is 10.00 Å². The van der Waals surface area contributed by atoms with Crippen LogP contribution >= 0.6 is 0 Å². The largest absolute Gasteiger partial charge is 0.487 e. The Bertz CT molecular complexity index is 678. The number of H-pyrrole nitrogens is 1. The van der Waals surface area contributed by atoms with Crippen molar-refractivity contribution in [3.8, 4) is 5.75 Å². The van der Waals surface area contributed by atoms with Crippen molar-refractivity contribution < 1.29 is 4.74 Å². The lowest BCUT2D eigenvalue weighted by Crippen LogP contribution is -2.34. The summed E-state index contributed by atoms with van der Waals surface area (Å²) in [4.78, 5) is 2.57. The first-order chi connectivity index (χ1) is 11.1. The average Bonchev–Trinajstić information content (AvgIpc) is 3.13. The van der Waals surface area contributed by atoms with Crippen LogP contribution < -0.4 is 4.74 Å². The summed E-state index contributed by atoms with van der Waals surface area (Å²) in [6, 6.07) is 8.82. The van der Waals surface area contributed by atoms with E-state index in [1.54, 1.807) is 0 Å². The summed E-state index contributed by atoms with van der Waals surface area (Å²) in [5.74, 6) is 1.65. The fraction of sp³-hybridized carbons (Fsp3) is 0.526. The van der Waals surface area contributed by atoms with Gasteiger partial charge in [0, 0.05) is 37.3 Å². The van der Waals surface area contributed by atoms with E-state index in [1.165, 1.54) is 36.2 Å². The van der Waals surface area contributed by atoms with Gasteiger partial charge >= 0.3 is 0 Å². The topological polar surface area (TPSA) is 41.2 Å². The molecule has 4 nitrogen and oxygen atoms in total. The smallest absolute Gasteiger partial charge is 0.123 e. The number of benzene rings is 1. The molecule has 4 rings (SSSR count). The Kier molecular flexibility index (Phi) is 3.64. The summed E-state index contributed by atoms with van der Waals surface area (Å²) in [6.07, 6.45) is 5.37. The van der Waals surface area contributed by atoms with Crippen molar-refractivity contribution in [1.82, 2.24) is 15.1 Å². The van der Waals surface area contributed by atoms with Crippen molar-refractivity contribution in [2.75, 3.05) is 13.1 Å². The second kappa shape index (κ2) is 5.68. The minimum Gasteiger partial charge on any atom is -0.487 e. The first kappa shape index (κ1) is 14.8. The summed E-state index contributed by atoms with van der Waals surface area (Å²) in [5.41, 5.74) is 3.97. The molecule has 0 aliphatic carbocycles. The Morgan fingerprint density at radius 2 is 2.26 bits per heavy atom. The predicted octanol–water partition coefficient (Wildman–Crippen LogP) is 3.50. The molecule has 4 heteroatoms. The third-order valence-electron chi connectivity index (χ3n) is 5.00. The van der Waals surface area contributed by atoms with E-state index in [9.17, 15) is 0 Å². The van der Waals surface area contributed by atoms with Gasteiger partial charge in [0.05, 0.1) is 0 Å². The lowest BCUT2D eigenvalue weighted by molar-refractivity contribution is 0.138. The van der Waals surface area contributed by atoms with Gasteiger partial charge in [-0.1, -0.05) is 12.1 Å². The first-order valence-electron chi connectivity index (χ1n) is 8.61. The van der Waals surface area contributed by atoms with E-state index in [4.69, 9.17) is 4.74 Å². The fourth-order valence-corrected chi connectivity index (χ4v) is 3.97. The zero-order valence-electron chi connectivity index (χ0n) is 14.0. The van der Waals surface area contributed by atoms with Crippen LogP contribution in [0.3, 0.4) is 0 Å². The molecule has 2 aromatic rings. The van der Waals surface area contributed by atoms with E-state index >= 15 is 0 Å². The maximum Gasteiger partial charge on any atom is 0.123 e. The van der Waals surface area contributed by atoms with Crippen LogP contribution in [0.2, 0.25) is 0 Å². The van der Waals surface area contributed by atoms with Crippen molar-refractivity contribution >= 4 is 0 Å². The Morgan fingerprint density at radius 3 is 3.09 bits per heavy atom. The number of aromatic nitrogens is 2. The molecule has 0 saturated carbocycles. The van der Waals surface area contributed by atoms with Gasteiger partial charge in [0.15, 0.2) is 0 Å². The maximum absolute atomic E-state index is 5.98. The summed E-state index contributed by atoms with van der Waals surface area (Å²) in [5, 5.41) is 7.24. The van der Waals surface area contributed by atoms with Gasteiger partial charge in [-0.05, 0) is 56.5 Å². The van der Waals surface area contributed by atoms with Gasteiger partial charge in [-0.15, -0.1) is 0 Å². The van der Waals surface area contributed by atoms with Crippen LogP contribution in [0.4, 0.5) is 0 Å². The molecule has 0 bridgehead atoms. The molecule has 3 heterocycles. The van der Waals surface area contributed by atoms with Crippen molar-refractivity contribution in [2.24, 2.45) is 0 Å². The Labute approximate surface area is 137 Å². The lowest BCUT2D eigenvalue weighted by Gasteiger charge is -2.32. The van der Waals surface area contributed by atoms with Crippen LogP contribution in [-0.4, -0.2) is 33.8 Å². The molecule has 0 radical (unpaired) electrons. The Hall–Kier alpha value is -1.81. The molecule has 0 spiro atoms. The van der Waals surface area contributed by atoms with E-state index in [0.717, 1.165) is 25.3 Å². The molecule has 1 aromatic carbocycles. The third kappa shape index (κ3) is 3.13. The zero-order valence-corrected chi connectivity index (χ0v) is 14.0. The molecule has 1 saturated heterocycles. The van der Waals surface area contributed by atoms with Crippen molar-refractivity contribution in [2.45, 2.75) is 51.2 Å². The van der Waals surface area contributed by atoms with Crippen LogP contribution in [0.1, 0.15) is 49.4 Å². The number of hydrogen-bond acceptors (Lipinski definition) is 3. The van der Waals surface area contributed by atoms with Crippen LogP contribution in [0.5, 0.6) is 5.75 Å². The zero-order chi connectivity index (χ0) is 15.9. The molecular formula is C19H25N3O. The molecule has 0 amide bonds. The highest BCUT2D eigenvalue weighted by Gasteiger charge is 2.30. The van der Waals surface area contributed by atoms with E-state index in [0.29, 0.717) is 5.92 Å². The van der Waals surface area contributed by atoms with E-state index in [1.807, 2.05) is 6.20 Å². The summed E-state index contributed by atoms with van der Waals surface area (Å²) >= 11 is 0. The van der Waals surface area contributed by atoms with E-state index in [-0.39, 0.29) is 5.60 Å². The molecule has 1 N–H and O–H groups in total. The van der Waals surface area contributed by atoms with Gasteiger partial charge in [-0.25, -0.2) is 0 Å². The summed E-state index contributed by atoms with van der Waals surface area (Å²) in [6.45, 7) is 7.64. The standard InChI is InChI=1S/C19H25N3O/c1-19(2)11-16-10-14(5-6-18(16)23-19)12-22-9-3-4-15(13-22)17-7-8-20-21-17/h5-8,10,15H,3-4,9,11-13H2,1-2H3,(H,20,21)/t15-/m1/s1. The minimum atomic E-state index is -0.0577. The molecule has 1 fully saturated rings. The highest BCUT2D eigenvalue weighted by atomic mass is 16.5. The number of nitrogens with zero attached hydrogens (tertiary/aromatic N) is 2. The highest BCUT2D eigenvalue weighted by Crippen LogP contribution is 2.35. The van der Waals surface area contributed by atoms with Crippen molar-refractivity contribution in [3.63, 3.8) is 0 Å². The van der Waals surface area contributed by atoms with Gasteiger partial charge in [0.25, 0.3) is 0 Å². The second-order valence-electron chi connectivity index (χ2n) is 7.57. The van der Waals surface area contributed by atoms with Crippen LogP contribution in [0.15, 0.2) is 30.5 Å². The maximum atomic E-state index is 5.98. The van der Waals surface area contributed by atoms with Gasteiger partial charge in [0.2, 0.25) is 0 Å². The molecule has 2 aliphatic rings. The van der Waals surface area contributed by atoms with Crippen LogP contribution in [-0.2, 0) is 13.0 Å². The Balaban J connectivity index is 1.44. The molecule has 0 unspecified atom stereocenters. The number of nitrogens with one attached hydrogen (secondary N) is 1. The van der Waals surface area contributed by atoms with Gasteiger partial charge in [-0.2, -0.15) is 5.10 Å². The molecular weight excluding hydrogens is 286 g/mol. The highest BCUT2D eigenvalue weighted by molar-refractivity contribution is 5.41. The number of likely N-dealkylation sites (tertiary alicyclic amines) is 1. The average molecular weight is 311 g/mol. The van der Waals surface area contributed by atoms with E-state index < -0.39 is 0 Å². The molecule has 23 heavy (non-hydrogen) atoms. The number of piperidine rings is 1. The van der Waals surface area contributed by atoms with Crippen LogP contribution in [0.25, 0.3) is 0 Å². The predicted molar refractivity (Wildman–Crippen MR) is 90.7 cm³/mol. The third-order valence-corrected chi connectivity index (χ3v) is 5.00. The fourth-order valence-electron chi connectivity index (χ4n) is 3.97. The normalized spacial score (nSPS) is 23.5. The molecule has 2 aliphatic heterocycles. The first-order valence-corrected chi connectivity index (χ1v) is 8.61. The van der Waals surface area contributed by atoms with E-state index in [2.05, 4.69) is 53.2 Å². The number of hydrogen-bond donors (Lipinski definition) is 1. The Morgan fingerprint density at radius 1 is 1.35 bits per heavy atom. The molecule has 1 atom stereocenters. The number of aromatic amines is 1. The van der Waals surface area contributed by atoms with Crippen LogP contribution in [0, 0.1) is 0 Å². The van der Waals surface area contributed by atoms with Gasteiger partial charge in [0.1, 0.15) is 11.4 Å². The van der Waals surface area contributed by atoms with Gasteiger partial charge < -0.3 is 4.74 Å². The number of ether oxygens (including phenoxy) is 1. The second-order valence-corrected chi connectivity index (χ2v) is 7.57. The van der Waals surface area contributed by atoms with Crippen molar-refractivity contribution in [1.29, 1.82) is 0 Å². The SMILES string of the molecule is CC1(C)Cc2cc(CN3CCC[C@@H](c4ccn[nH]4)C3)ccc2O1. The van der Waals surface area contributed by atoms with Crippen molar-refractivity contribution in [3.05, 3.63) is 47.3 Å². The lowest BCUT2D eigenvalue weighted by atomic mass is 9.94. The summed E-state index contributed by atoms with van der Waals surface area (Å²) in [7, 11) is 0. The monoisotopic (exact) mass is 311 g/mol. The molecule has 122 valence electrons. The summed E-state index contributed by atoms with van der Waals surface area (Å²) < 4.78 is 5.98. The molecule has 1 aromatic heterocycles. The number of fused-ring (bicyclic) bond motifs is 1.